The zero-order chi connectivity index (χ0) is 20.3. The van der Waals surface area contributed by atoms with Gasteiger partial charge in [0.25, 0.3) is 0 Å². The number of carbonyl (C=O) groups is 1. The molecule has 0 radical (unpaired) electrons. The molecule has 7 nitrogen and oxygen atoms in total. The Morgan fingerprint density at radius 1 is 1.25 bits per heavy atom. The van der Waals surface area contributed by atoms with E-state index < -0.39 is 0 Å². The van der Waals surface area contributed by atoms with E-state index in [1.165, 1.54) is 22.9 Å². The maximum absolute atomic E-state index is 13.0. The van der Waals surface area contributed by atoms with Gasteiger partial charge in [-0.15, -0.1) is 10.2 Å². The van der Waals surface area contributed by atoms with E-state index in [0.29, 0.717) is 17.4 Å². The molecular weight excluding hydrogens is 374 g/mol. The average molecular weight is 404 g/mol. The first-order valence-electron chi connectivity index (χ1n) is 9.71. The Bertz CT molecular complexity index is 797. The van der Waals surface area contributed by atoms with Gasteiger partial charge in [-0.05, 0) is 57.7 Å². The number of nitrogens with zero attached hydrogens (tertiary/aromatic N) is 4. The standard InChI is InChI=1S/C20H29N5O2S/c1-13-6-5-7-14(2)24(13)19(26)15(3)28-20-23-22-18(25(20)21)12-16-8-10-17(27-4)11-9-16/h8-11,13-15H,5-7,12,21H2,1-4H3/t13-,14-,15+/m0/s1. The van der Waals surface area contributed by atoms with Gasteiger partial charge in [0, 0.05) is 18.5 Å². The van der Waals surface area contributed by atoms with Gasteiger partial charge in [-0.1, -0.05) is 23.9 Å². The predicted molar refractivity (Wildman–Crippen MR) is 111 cm³/mol. The number of thioether (sulfide) groups is 1. The van der Waals surface area contributed by atoms with Crippen molar-refractivity contribution in [2.75, 3.05) is 13.0 Å². The Labute approximate surface area is 170 Å². The van der Waals surface area contributed by atoms with E-state index in [-0.39, 0.29) is 23.2 Å². The third-order valence-electron chi connectivity index (χ3n) is 5.33. The first-order valence-corrected chi connectivity index (χ1v) is 10.6. The van der Waals surface area contributed by atoms with Gasteiger partial charge >= 0.3 is 0 Å². The van der Waals surface area contributed by atoms with Crippen molar-refractivity contribution in [2.24, 2.45) is 0 Å². The molecule has 28 heavy (non-hydrogen) atoms. The van der Waals surface area contributed by atoms with Crippen LogP contribution in [0.25, 0.3) is 0 Å². The number of aromatic nitrogens is 3. The molecule has 1 aromatic heterocycles. The number of amides is 1. The summed E-state index contributed by atoms with van der Waals surface area (Å²) >= 11 is 1.37. The number of methoxy groups -OCH3 is 1. The SMILES string of the molecule is COc1ccc(Cc2nnc(S[C@H](C)C(=O)N3[C@@H](C)CCC[C@@H]3C)n2N)cc1. The van der Waals surface area contributed by atoms with E-state index in [9.17, 15) is 4.79 Å². The maximum atomic E-state index is 13.0. The molecule has 1 fully saturated rings. The van der Waals surface area contributed by atoms with Gasteiger partial charge in [0.15, 0.2) is 5.82 Å². The lowest BCUT2D eigenvalue weighted by Crippen LogP contribution is -2.50. The average Bonchev–Trinajstić information content (AvgIpc) is 3.01. The summed E-state index contributed by atoms with van der Waals surface area (Å²) < 4.78 is 6.67. The van der Waals surface area contributed by atoms with Crippen LogP contribution in [0.5, 0.6) is 5.75 Å². The summed E-state index contributed by atoms with van der Waals surface area (Å²) in [5, 5.41) is 8.72. The Hall–Kier alpha value is -2.22. The zero-order valence-electron chi connectivity index (χ0n) is 17.0. The van der Waals surface area contributed by atoms with Crippen molar-refractivity contribution in [3.8, 4) is 5.75 Å². The van der Waals surface area contributed by atoms with Crippen LogP contribution in [0.4, 0.5) is 0 Å². The number of carbonyl (C=O) groups excluding carboxylic acids is 1. The van der Waals surface area contributed by atoms with Crippen LogP contribution in [0.15, 0.2) is 29.4 Å². The molecule has 0 spiro atoms. The molecular formula is C20H29N5O2S. The Kier molecular flexibility index (Phi) is 6.49. The van der Waals surface area contributed by atoms with Gasteiger partial charge in [0.2, 0.25) is 11.1 Å². The number of nitrogens with two attached hydrogens (primary N) is 1. The van der Waals surface area contributed by atoms with Crippen molar-refractivity contribution >= 4 is 17.7 Å². The quantitative estimate of drug-likeness (QED) is 0.590. The Morgan fingerprint density at radius 3 is 2.50 bits per heavy atom. The number of benzene rings is 1. The summed E-state index contributed by atoms with van der Waals surface area (Å²) in [5.74, 6) is 7.82. The highest BCUT2D eigenvalue weighted by molar-refractivity contribution is 8.00. The number of hydrogen-bond acceptors (Lipinski definition) is 6. The topological polar surface area (TPSA) is 86.3 Å². The van der Waals surface area contributed by atoms with Crippen LogP contribution in [0.1, 0.15) is 51.4 Å². The molecule has 1 aromatic carbocycles. The molecule has 1 aliphatic rings. The van der Waals surface area contributed by atoms with Crippen LogP contribution in [-0.4, -0.2) is 50.1 Å². The predicted octanol–water partition coefficient (Wildman–Crippen LogP) is 2.86. The highest BCUT2D eigenvalue weighted by atomic mass is 32.2. The second-order valence-corrected chi connectivity index (χ2v) is 8.74. The second-order valence-electron chi connectivity index (χ2n) is 7.43. The van der Waals surface area contributed by atoms with Crippen LogP contribution in [0, 0.1) is 0 Å². The summed E-state index contributed by atoms with van der Waals surface area (Å²) in [7, 11) is 1.64. The van der Waals surface area contributed by atoms with Gasteiger partial charge < -0.3 is 15.5 Å². The fraction of sp³-hybridized carbons (Fsp3) is 0.550. The summed E-state index contributed by atoms with van der Waals surface area (Å²) in [6.07, 6.45) is 3.87. The van der Waals surface area contributed by atoms with Crippen molar-refractivity contribution < 1.29 is 9.53 Å². The summed E-state index contributed by atoms with van der Waals surface area (Å²) in [5.41, 5.74) is 1.07. The number of likely N-dealkylation sites (tertiary alicyclic amines) is 1. The van der Waals surface area contributed by atoms with Gasteiger partial charge in [-0.25, -0.2) is 4.68 Å². The van der Waals surface area contributed by atoms with Gasteiger partial charge in [0.05, 0.1) is 12.4 Å². The highest BCUT2D eigenvalue weighted by Crippen LogP contribution is 2.28. The largest absolute Gasteiger partial charge is 0.497 e. The molecule has 152 valence electrons. The number of nitrogen functional groups attached to an aromatic ring is 1. The molecule has 0 saturated carbocycles. The van der Waals surface area contributed by atoms with Gasteiger partial charge in [-0.3, -0.25) is 4.79 Å². The maximum Gasteiger partial charge on any atom is 0.236 e. The molecule has 0 bridgehead atoms. The fourth-order valence-corrected chi connectivity index (χ4v) is 4.55. The monoisotopic (exact) mass is 403 g/mol. The van der Waals surface area contributed by atoms with Crippen molar-refractivity contribution in [1.82, 2.24) is 19.8 Å². The first kappa shape index (κ1) is 20.5. The molecule has 3 atom stereocenters. The molecule has 0 unspecified atom stereocenters. The Morgan fingerprint density at radius 2 is 1.89 bits per heavy atom. The third kappa shape index (κ3) is 4.43. The minimum absolute atomic E-state index is 0.143. The van der Waals surface area contributed by atoms with Crippen LogP contribution in [0.2, 0.25) is 0 Å². The third-order valence-corrected chi connectivity index (χ3v) is 6.38. The van der Waals surface area contributed by atoms with Crippen LogP contribution in [-0.2, 0) is 11.2 Å². The zero-order valence-corrected chi connectivity index (χ0v) is 17.8. The minimum Gasteiger partial charge on any atom is -0.497 e. The molecule has 1 saturated heterocycles. The second kappa shape index (κ2) is 8.86. The van der Waals surface area contributed by atoms with Crippen molar-refractivity contribution in [3.05, 3.63) is 35.7 Å². The van der Waals surface area contributed by atoms with Crippen LogP contribution in [0.3, 0.4) is 0 Å². The molecule has 3 rings (SSSR count). The summed E-state index contributed by atoms with van der Waals surface area (Å²) in [6, 6.07) is 8.33. The van der Waals surface area contributed by atoms with Crippen molar-refractivity contribution in [2.45, 2.75) is 68.9 Å². The van der Waals surface area contributed by atoms with Gasteiger partial charge in [-0.2, -0.15) is 0 Å². The smallest absolute Gasteiger partial charge is 0.236 e. The molecule has 8 heteroatoms. The molecule has 2 aromatic rings. The molecule has 1 amide bonds. The Balaban J connectivity index is 1.66. The summed E-state index contributed by atoms with van der Waals surface area (Å²) in [4.78, 5) is 15.0. The van der Waals surface area contributed by atoms with E-state index in [2.05, 4.69) is 24.0 Å². The number of rotatable bonds is 6. The highest BCUT2D eigenvalue weighted by Gasteiger charge is 2.32. The molecule has 0 aliphatic carbocycles. The normalized spacial score (nSPS) is 20.8. The number of ether oxygens (including phenoxy) is 1. The van der Waals surface area contributed by atoms with Crippen molar-refractivity contribution in [3.63, 3.8) is 0 Å². The van der Waals surface area contributed by atoms with E-state index in [4.69, 9.17) is 10.6 Å². The molecule has 1 aliphatic heterocycles. The van der Waals surface area contributed by atoms with E-state index in [1.807, 2.05) is 36.1 Å². The molecule has 2 N–H and O–H groups in total. The lowest BCUT2D eigenvalue weighted by Gasteiger charge is -2.40. The number of piperidine rings is 1. The van der Waals surface area contributed by atoms with E-state index >= 15 is 0 Å². The molecule has 2 heterocycles. The fourth-order valence-electron chi connectivity index (χ4n) is 3.71. The minimum atomic E-state index is -0.261. The van der Waals surface area contributed by atoms with Crippen molar-refractivity contribution in [1.29, 1.82) is 0 Å². The lowest BCUT2D eigenvalue weighted by atomic mass is 9.97. The van der Waals surface area contributed by atoms with Gasteiger partial charge in [0.1, 0.15) is 5.75 Å². The first-order chi connectivity index (χ1) is 13.4. The number of hydrogen-bond donors (Lipinski definition) is 1. The van der Waals surface area contributed by atoms with E-state index in [0.717, 1.165) is 24.2 Å². The van der Waals surface area contributed by atoms with Crippen LogP contribution >= 0.6 is 11.8 Å². The van der Waals surface area contributed by atoms with Crippen LogP contribution < -0.4 is 10.6 Å². The summed E-state index contributed by atoms with van der Waals surface area (Å²) in [6.45, 7) is 6.17. The lowest BCUT2D eigenvalue weighted by molar-refractivity contribution is -0.136. The van der Waals surface area contributed by atoms with E-state index in [1.54, 1.807) is 7.11 Å².